The van der Waals surface area contributed by atoms with Gasteiger partial charge >= 0.3 is 12.1 Å². The third-order valence-electron chi connectivity index (χ3n) is 3.18. The summed E-state index contributed by atoms with van der Waals surface area (Å²) in [4.78, 5) is 24.2. The second-order valence-electron chi connectivity index (χ2n) is 6.26. The maximum absolute atomic E-state index is 12.0. The summed E-state index contributed by atoms with van der Waals surface area (Å²) < 4.78 is 5.27. The van der Waals surface area contributed by atoms with Gasteiger partial charge in [0.1, 0.15) is 12.1 Å². The Hall–Kier alpha value is -1.26. The van der Waals surface area contributed by atoms with Gasteiger partial charge in [-0.3, -0.25) is 9.69 Å². The molecule has 0 saturated heterocycles. The van der Waals surface area contributed by atoms with Crippen LogP contribution < -0.4 is 0 Å². The lowest BCUT2D eigenvalue weighted by Gasteiger charge is -2.30. The summed E-state index contributed by atoms with van der Waals surface area (Å²) in [6, 6.07) is 0. The Labute approximate surface area is 114 Å². The first-order valence-electron chi connectivity index (χ1n) is 6.97. The van der Waals surface area contributed by atoms with Crippen molar-refractivity contribution < 1.29 is 19.4 Å². The maximum atomic E-state index is 12.0. The molecule has 0 radical (unpaired) electrons. The minimum absolute atomic E-state index is 0.286. The lowest BCUT2D eigenvalue weighted by molar-refractivity contribution is -0.138. The van der Waals surface area contributed by atoms with E-state index in [4.69, 9.17) is 9.84 Å². The van der Waals surface area contributed by atoms with E-state index in [-0.39, 0.29) is 6.54 Å². The van der Waals surface area contributed by atoms with Crippen LogP contribution >= 0.6 is 0 Å². The third-order valence-corrected chi connectivity index (χ3v) is 3.18. The first-order valence-corrected chi connectivity index (χ1v) is 6.97. The number of carbonyl (C=O) groups is 2. The second-order valence-corrected chi connectivity index (χ2v) is 6.26. The summed E-state index contributed by atoms with van der Waals surface area (Å²) in [6.07, 6.45) is 5.18. The van der Waals surface area contributed by atoms with Crippen molar-refractivity contribution >= 4 is 12.1 Å². The Kier molecular flexibility index (Phi) is 5.63. The van der Waals surface area contributed by atoms with Gasteiger partial charge in [-0.2, -0.15) is 0 Å². The monoisotopic (exact) mass is 271 g/mol. The van der Waals surface area contributed by atoms with Crippen molar-refractivity contribution in [2.24, 2.45) is 5.92 Å². The molecule has 0 aromatic rings. The van der Waals surface area contributed by atoms with Gasteiger partial charge < -0.3 is 9.84 Å². The fourth-order valence-corrected chi connectivity index (χ4v) is 2.37. The molecule has 1 aliphatic carbocycles. The molecule has 5 nitrogen and oxygen atoms in total. The van der Waals surface area contributed by atoms with E-state index in [0.29, 0.717) is 12.5 Å². The third kappa shape index (κ3) is 6.45. The summed E-state index contributed by atoms with van der Waals surface area (Å²) >= 11 is 0. The minimum Gasteiger partial charge on any atom is -0.480 e. The van der Waals surface area contributed by atoms with Gasteiger partial charge in [-0.05, 0) is 39.5 Å². The highest BCUT2D eigenvalue weighted by molar-refractivity contribution is 5.76. The number of hydrogen-bond donors (Lipinski definition) is 1. The number of carboxylic acid groups (broad SMARTS) is 1. The quantitative estimate of drug-likeness (QED) is 0.853. The molecule has 0 atom stereocenters. The van der Waals surface area contributed by atoms with E-state index >= 15 is 0 Å². The smallest absolute Gasteiger partial charge is 0.410 e. The molecular formula is C14H25NO4. The molecular weight excluding hydrogens is 246 g/mol. The number of aliphatic carboxylic acids is 1. The Morgan fingerprint density at radius 1 is 1.21 bits per heavy atom. The Morgan fingerprint density at radius 3 is 2.26 bits per heavy atom. The molecule has 0 unspecified atom stereocenters. The Morgan fingerprint density at radius 2 is 1.79 bits per heavy atom. The number of carboxylic acids is 1. The molecule has 5 heteroatoms. The number of rotatable bonds is 4. The van der Waals surface area contributed by atoms with E-state index < -0.39 is 17.7 Å². The Bertz CT molecular complexity index is 316. The average Bonchev–Trinajstić information content (AvgIpc) is 2.26. The minimum atomic E-state index is -0.998. The van der Waals surface area contributed by atoms with Crippen LogP contribution in [-0.2, 0) is 9.53 Å². The maximum Gasteiger partial charge on any atom is 0.410 e. The van der Waals surface area contributed by atoms with Gasteiger partial charge in [0.25, 0.3) is 0 Å². The van der Waals surface area contributed by atoms with Crippen molar-refractivity contribution in [2.75, 3.05) is 13.1 Å². The molecule has 1 amide bonds. The van der Waals surface area contributed by atoms with Crippen molar-refractivity contribution in [3.8, 4) is 0 Å². The van der Waals surface area contributed by atoms with Crippen LogP contribution in [0.1, 0.15) is 52.9 Å². The van der Waals surface area contributed by atoms with Crippen molar-refractivity contribution in [3.05, 3.63) is 0 Å². The van der Waals surface area contributed by atoms with E-state index in [1.807, 2.05) is 0 Å². The van der Waals surface area contributed by atoms with Crippen molar-refractivity contribution in [1.29, 1.82) is 0 Å². The topological polar surface area (TPSA) is 66.8 Å². The molecule has 1 rings (SSSR count). The Balaban J connectivity index is 2.59. The molecule has 0 aromatic heterocycles. The zero-order chi connectivity index (χ0) is 14.5. The van der Waals surface area contributed by atoms with Gasteiger partial charge in [0.15, 0.2) is 0 Å². The lowest BCUT2D eigenvalue weighted by atomic mass is 9.89. The first kappa shape index (κ1) is 15.8. The standard InChI is InChI=1S/C14H25NO4/c1-14(2,3)19-13(18)15(10-12(16)17)9-11-7-5-4-6-8-11/h11H,4-10H2,1-3H3,(H,16,17). The molecule has 110 valence electrons. The predicted octanol–water partition coefficient (Wildman–Crippen LogP) is 2.89. The summed E-state index contributed by atoms with van der Waals surface area (Å²) in [7, 11) is 0. The van der Waals surface area contributed by atoms with Gasteiger partial charge in [-0.1, -0.05) is 19.3 Å². The van der Waals surface area contributed by atoms with Crippen LogP contribution in [0.3, 0.4) is 0 Å². The number of ether oxygens (including phenoxy) is 1. The van der Waals surface area contributed by atoms with E-state index in [0.717, 1.165) is 12.8 Å². The molecule has 19 heavy (non-hydrogen) atoms. The lowest BCUT2D eigenvalue weighted by Crippen LogP contribution is -2.42. The van der Waals surface area contributed by atoms with Crippen LogP contribution in [0.5, 0.6) is 0 Å². The zero-order valence-corrected chi connectivity index (χ0v) is 12.1. The number of hydrogen-bond acceptors (Lipinski definition) is 3. The van der Waals surface area contributed by atoms with Crippen LogP contribution in [0.4, 0.5) is 4.79 Å². The molecule has 1 aliphatic rings. The normalized spacial score (nSPS) is 17.0. The molecule has 1 fully saturated rings. The zero-order valence-electron chi connectivity index (χ0n) is 12.1. The second kappa shape index (κ2) is 6.78. The average molecular weight is 271 g/mol. The highest BCUT2D eigenvalue weighted by Gasteiger charge is 2.26. The molecule has 0 heterocycles. The van der Waals surface area contributed by atoms with Crippen molar-refractivity contribution in [2.45, 2.75) is 58.5 Å². The van der Waals surface area contributed by atoms with Crippen LogP contribution in [-0.4, -0.2) is 40.8 Å². The van der Waals surface area contributed by atoms with Crippen LogP contribution in [0.15, 0.2) is 0 Å². The first-order chi connectivity index (χ1) is 8.78. The fourth-order valence-electron chi connectivity index (χ4n) is 2.37. The number of amides is 1. The van der Waals surface area contributed by atoms with E-state index in [2.05, 4.69) is 0 Å². The van der Waals surface area contributed by atoms with Gasteiger partial charge in [0.2, 0.25) is 0 Å². The molecule has 1 N–H and O–H groups in total. The van der Waals surface area contributed by atoms with Crippen LogP contribution in [0.2, 0.25) is 0 Å². The van der Waals surface area contributed by atoms with Gasteiger partial charge in [0.05, 0.1) is 0 Å². The molecule has 0 bridgehead atoms. The molecule has 0 aromatic carbocycles. The van der Waals surface area contributed by atoms with E-state index in [9.17, 15) is 9.59 Å². The van der Waals surface area contributed by atoms with Crippen molar-refractivity contribution in [1.82, 2.24) is 4.90 Å². The highest BCUT2D eigenvalue weighted by atomic mass is 16.6. The summed E-state index contributed by atoms with van der Waals surface area (Å²) in [6.45, 7) is 5.55. The fraction of sp³-hybridized carbons (Fsp3) is 0.857. The van der Waals surface area contributed by atoms with E-state index in [1.54, 1.807) is 20.8 Å². The van der Waals surface area contributed by atoms with Crippen LogP contribution in [0, 0.1) is 5.92 Å². The largest absolute Gasteiger partial charge is 0.480 e. The number of nitrogens with zero attached hydrogens (tertiary/aromatic N) is 1. The van der Waals surface area contributed by atoms with Gasteiger partial charge in [0, 0.05) is 6.54 Å². The predicted molar refractivity (Wildman–Crippen MR) is 72.0 cm³/mol. The molecule has 0 spiro atoms. The summed E-state index contributed by atoms with van der Waals surface area (Å²) in [5, 5.41) is 8.91. The number of carbonyl (C=O) groups excluding carboxylic acids is 1. The molecule has 0 aliphatic heterocycles. The van der Waals surface area contributed by atoms with Gasteiger partial charge in [-0.15, -0.1) is 0 Å². The van der Waals surface area contributed by atoms with E-state index in [1.165, 1.54) is 24.2 Å². The summed E-state index contributed by atoms with van der Waals surface area (Å²) in [5.74, 6) is -0.595. The summed E-state index contributed by atoms with van der Waals surface area (Å²) in [5.41, 5.74) is -0.597. The van der Waals surface area contributed by atoms with Crippen LogP contribution in [0.25, 0.3) is 0 Å². The molecule has 1 saturated carbocycles. The van der Waals surface area contributed by atoms with Crippen molar-refractivity contribution in [3.63, 3.8) is 0 Å². The highest BCUT2D eigenvalue weighted by Crippen LogP contribution is 2.25. The SMILES string of the molecule is CC(C)(C)OC(=O)N(CC(=O)O)CC1CCCCC1. The van der Waals surface area contributed by atoms with Gasteiger partial charge in [-0.25, -0.2) is 4.79 Å².